The van der Waals surface area contributed by atoms with Crippen LogP contribution in [-0.4, -0.2) is 29.8 Å². The van der Waals surface area contributed by atoms with E-state index in [4.69, 9.17) is 4.74 Å². The van der Waals surface area contributed by atoms with E-state index in [1.165, 1.54) is 96.3 Å². The van der Waals surface area contributed by atoms with Gasteiger partial charge in [-0.25, -0.2) is 4.79 Å². The fourth-order valence-corrected chi connectivity index (χ4v) is 12.7. The third-order valence-electron chi connectivity index (χ3n) is 14.9. The van der Waals surface area contributed by atoms with Gasteiger partial charge in [0, 0.05) is 12.1 Å². The standard InChI is InChI=1S/C35H58N2O2/c1-22-12-18-35(19-13-22)23(2)31-30(39-35)21-29-27-11-10-24-20-26(37-32(38)36-25-8-6-5-7-9-25)14-16-33(24,3)28(27)15-17-34(29,31)4/h22-31H,5-21H2,1-4H3,(H2,36,37,38)/t22?,23-,24+,26+,27+,28-,29-,30-,31-,33-,34-,35?/m0/s1. The van der Waals surface area contributed by atoms with Gasteiger partial charge in [-0.05, 0) is 142 Å². The van der Waals surface area contributed by atoms with Crippen molar-refractivity contribution in [3.05, 3.63) is 0 Å². The molecular formula is C35H58N2O2. The van der Waals surface area contributed by atoms with Crippen molar-refractivity contribution in [2.24, 2.45) is 52.3 Å². The molecule has 6 saturated carbocycles. The van der Waals surface area contributed by atoms with E-state index in [-0.39, 0.29) is 11.6 Å². The number of carbonyl (C=O) groups excluding carboxylic acids is 1. The van der Waals surface area contributed by atoms with Crippen molar-refractivity contribution in [1.82, 2.24) is 10.6 Å². The summed E-state index contributed by atoms with van der Waals surface area (Å²) in [7, 11) is 0. The largest absolute Gasteiger partial charge is 0.371 e. The van der Waals surface area contributed by atoms with Crippen molar-refractivity contribution in [1.29, 1.82) is 0 Å². The molecule has 39 heavy (non-hydrogen) atoms. The third-order valence-corrected chi connectivity index (χ3v) is 14.9. The number of hydrogen-bond donors (Lipinski definition) is 2. The Balaban J connectivity index is 1.00. The second-order valence-corrected chi connectivity index (χ2v) is 16.6. The van der Waals surface area contributed by atoms with Gasteiger partial charge in [-0.3, -0.25) is 0 Å². The molecule has 7 aliphatic rings. The van der Waals surface area contributed by atoms with Crippen LogP contribution in [0.3, 0.4) is 0 Å². The van der Waals surface area contributed by atoms with Crippen molar-refractivity contribution >= 4 is 6.03 Å². The molecule has 0 radical (unpaired) electrons. The van der Waals surface area contributed by atoms with Gasteiger partial charge in [-0.1, -0.05) is 47.0 Å². The van der Waals surface area contributed by atoms with Gasteiger partial charge in [0.25, 0.3) is 0 Å². The summed E-state index contributed by atoms with van der Waals surface area (Å²) in [6, 6.07) is 0.870. The zero-order chi connectivity index (χ0) is 27.0. The number of urea groups is 1. The van der Waals surface area contributed by atoms with E-state index >= 15 is 0 Å². The van der Waals surface area contributed by atoms with Crippen LogP contribution in [0.5, 0.6) is 0 Å². The molecule has 220 valence electrons. The van der Waals surface area contributed by atoms with E-state index in [1.54, 1.807) is 0 Å². The average molecular weight is 539 g/mol. The van der Waals surface area contributed by atoms with Crippen LogP contribution in [0.15, 0.2) is 0 Å². The van der Waals surface area contributed by atoms with E-state index in [2.05, 4.69) is 38.3 Å². The molecule has 4 heteroatoms. The highest BCUT2D eigenvalue weighted by Gasteiger charge is 2.68. The Bertz CT molecular complexity index is 922. The average Bonchev–Trinajstić information content (AvgIpc) is 3.36. The Morgan fingerprint density at radius 2 is 1.44 bits per heavy atom. The number of hydrogen-bond acceptors (Lipinski definition) is 2. The minimum Gasteiger partial charge on any atom is -0.371 e. The molecule has 6 aliphatic carbocycles. The van der Waals surface area contributed by atoms with E-state index in [1.807, 2.05) is 0 Å². The molecule has 1 saturated heterocycles. The lowest BCUT2D eigenvalue weighted by molar-refractivity contribution is -0.128. The van der Waals surface area contributed by atoms with Crippen molar-refractivity contribution in [2.75, 3.05) is 0 Å². The van der Waals surface area contributed by atoms with Crippen LogP contribution in [0, 0.1) is 52.3 Å². The molecule has 0 bridgehead atoms. The predicted molar refractivity (Wildman–Crippen MR) is 157 cm³/mol. The minimum absolute atomic E-state index is 0.106. The molecule has 0 aromatic rings. The van der Waals surface area contributed by atoms with E-state index in [0.717, 1.165) is 54.3 Å². The fraction of sp³-hybridized carbons (Fsp3) is 0.971. The molecule has 1 spiro atoms. The van der Waals surface area contributed by atoms with E-state index in [9.17, 15) is 4.79 Å². The second kappa shape index (κ2) is 9.91. The van der Waals surface area contributed by atoms with Crippen molar-refractivity contribution in [3.63, 3.8) is 0 Å². The summed E-state index contributed by atoms with van der Waals surface area (Å²) in [6.07, 6.45) is 22.7. The highest BCUT2D eigenvalue weighted by molar-refractivity contribution is 5.74. The molecule has 2 N–H and O–H groups in total. The molecule has 1 heterocycles. The molecule has 0 aromatic carbocycles. The molecule has 7 rings (SSSR count). The Hall–Kier alpha value is -0.770. The third kappa shape index (κ3) is 4.34. The lowest BCUT2D eigenvalue weighted by atomic mass is 9.44. The summed E-state index contributed by atoms with van der Waals surface area (Å²) in [5.74, 6) is 5.82. The maximum atomic E-state index is 12.8. The Labute approximate surface area is 238 Å². The van der Waals surface area contributed by atoms with Crippen molar-refractivity contribution in [3.8, 4) is 0 Å². The predicted octanol–water partition coefficient (Wildman–Crippen LogP) is 8.24. The van der Waals surface area contributed by atoms with Crippen LogP contribution < -0.4 is 10.6 Å². The molecule has 0 unspecified atom stereocenters. The number of ether oxygens (including phenoxy) is 1. The van der Waals surface area contributed by atoms with Gasteiger partial charge in [-0.2, -0.15) is 0 Å². The number of amides is 2. The van der Waals surface area contributed by atoms with Crippen LogP contribution in [0.4, 0.5) is 4.79 Å². The maximum Gasteiger partial charge on any atom is 0.315 e. The number of carbonyl (C=O) groups is 1. The lowest BCUT2D eigenvalue weighted by Gasteiger charge is -2.61. The Morgan fingerprint density at radius 3 is 2.21 bits per heavy atom. The molecule has 2 amide bonds. The van der Waals surface area contributed by atoms with Gasteiger partial charge in [-0.15, -0.1) is 0 Å². The van der Waals surface area contributed by atoms with Crippen LogP contribution in [0.1, 0.15) is 137 Å². The zero-order valence-corrected chi connectivity index (χ0v) is 25.6. The first-order valence-electron chi connectivity index (χ1n) is 17.5. The monoisotopic (exact) mass is 538 g/mol. The van der Waals surface area contributed by atoms with Gasteiger partial charge < -0.3 is 15.4 Å². The second-order valence-electron chi connectivity index (χ2n) is 16.6. The number of nitrogens with one attached hydrogen (secondary N) is 2. The lowest BCUT2D eigenvalue weighted by Crippen LogP contribution is -2.56. The van der Waals surface area contributed by atoms with Crippen molar-refractivity contribution < 1.29 is 9.53 Å². The summed E-state index contributed by atoms with van der Waals surface area (Å²) in [5.41, 5.74) is 1.15. The minimum atomic E-state index is 0.106. The summed E-state index contributed by atoms with van der Waals surface area (Å²) in [6.45, 7) is 10.4. The van der Waals surface area contributed by atoms with Gasteiger partial charge >= 0.3 is 6.03 Å². The molecule has 1 aliphatic heterocycles. The first-order valence-corrected chi connectivity index (χ1v) is 17.5. The van der Waals surface area contributed by atoms with Crippen LogP contribution in [-0.2, 0) is 4.74 Å². The van der Waals surface area contributed by atoms with Crippen LogP contribution in [0.2, 0.25) is 0 Å². The molecule has 10 atom stereocenters. The van der Waals surface area contributed by atoms with E-state index in [0.29, 0.717) is 29.0 Å². The number of rotatable bonds is 2. The fourth-order valence-electron chi connectivity index (χ4n) is 12.7. The van der Waals surface area contributed by atoms with Crippen LogP contribution in [0.25, 0.3) is 0 Å². The van der Waals surface area contributed by atoms with Gasteiger partial charge in [0.1, 0.15) is 0 Å². The summed E-state index contributed by atoms with van der Waals surface area (Å²) < 4.78 is 7.20. The number of fused-ring (bicyclic) bond motifs is 7. The summed E-state index contributed by atoms with van der Waals surface area (Å²) >= 11 is 0. The van der Waals surface area contributed by atoms with Gasteiger partial charge in [0.15, 0.2) is 0 Å². The van der Waals surface area contributed by atoms with Crippen molar-refractivity contribution in [2.45, 2.75) is 161 Å². The van der Waals surface area contributed by atoms with E-state index < -0.39 is 0 Å². The topological polar surface area (TPSA) is 50.4 Å². The molecular weight excluding hydrogens is 480 g/mol. The smallest absolute Gasteiger partial charge is 0.315 e. The van der Waals surface area contributed by atoms with Gasteiger partial charge in [0.05, 0.1) is 11.7 Å². The normalized spacial score (nSPS) is 53.4. The molecule has 4 nitrogen and oxygen atoms in total. The summed E-state index contributed by atoms with van der Waals surface area (Å²) in [4.78, 5) is 12.8. The maximum absolute atomic E-state index is 12.8. The Morgan fingerprint density at radius 1 is 0.718 bits per heavy atom. The molecule has 0 aromatic heterocycles. The zero-order valence-electron chi connectivity index (χ0n) is 25.6. The Kier molecular flexibility index (Phi) is 6.88. The molecule has 7 fully saturated rings. The first-order chi connectivity index (χ1) is 18.7. The highest BCUT2D eigenvalue weighted by atomic mass is 16.5. The van der Waals surface area contributed by atoms with Crippen LogP contribution >= 0.6 is 0 Å². The summed E-state index contributed by atoms with van der Waals surface area (Å²) in [5, 5.41) is 6.73. The first kappa shape index (κ1) is 27.1. The quantitative estimate of drug-likeness (QED) is 0.372. The van der Waals surface area contributed by atoms with Gasteiger partial charge in [0.2, 0.25) is 0 Å². The SMILES string of the molecule is CC1CCC2(CC1)O[C@H]1C[C@H]3[C@@H]4CC[C@@H]5C[C@H](NC(=O)NC6CCCCC6)CC[C@]5(C)[C@H]4CC[C@]3(C)[C@H]1[C@@H]2C. The highest BCUT2D eigenvalue weighted by Crippen LogP contribution is 2.71.